The summed E-state index contributed by atoms with van der Waals surface area (Å²) in [5.74, 6) is -0.161. The second-order valence-corrected chi connectivity index (χ2v) is 3.11. The van der Waals surface area contributed by atoms with Gasteiger partial charge in [0.1, 0.15) is 0 Å². The smallest absolute Gasteiger partial charge is 0.307 e. The summed E-state index contributed by atoms with van der Waals surface area (Å²) in [6.45, 7) is 2.12. The van der Waals surface area contributed by atoms with Crippen LogP contribution in [0, 0.1) is 5.92 Å². The van der Waals surface area contributed by atoms with Crippen LogP contribution < -0.4 is 5.32 Å². The molecule has 0 unspecified atom stereocenters. The van der Waals surface area contributed by atoms with E-state index in [0.29, 0.717) is 5.92 Å². The number of rotatable bonds is 3. The second kappa shape index (κ2) is 4.93. The van der Waals surface area contributed by atoms with Crippen molar-refractivity contribution in [3.8, 4) is 0 Å². The first-order valence-corrected chi connectivity index (χ1v) is 4.38. The molecular formula is C9H15NO2. The number of hydrogen-bond acceptors (Lipinski definition) is 2. The molecule has 1 saturated heterocycles. The second-order valence-electron chi connectivity index (χ2n) is 3.11. The molecule has 3 nitrogen and oxygen atoms in total. The number of aliphatic carboxylic acids is 1. The first-order valence-electron chi connectivity index (χ1n) is 4.38. The van der Waals surface area contributed by atoms with E-state index in [0.717, 1.165) is 25.9 Å². The topological polar surface area (TPSA) is 49.3 Å². The number of hydrogen-bond donors (Lipinski definition) is 2. The van der Waals surface area contributed by atoms with Gasteiger partial charge in [0.25, 0.3) is 0 Å². The van der Waals surface area contributed by atoms with Gasteiger partial charge in [-0.1, -0.05) is 12.2 Å². The quantitative estimate of drug-likeness (QED) is 0.620. The number of carbonyl (C=O) groups is 1. The molecule has 0 radical (unpaired) electrons. The lowest BCUT2D eigenvalue weighted by molar-refractivity contribution is -0.136. The van der Waals surface area contributed by atoms with Crippen LogP contribution >= 0.6 is 0 Å². The van der Waals surface area contributed by atoms with E-state index >= 15 is 0 Å². The Bertz CT molecular complexity index is 171. The van der Waals surface area contributed by atoms with Crippen molar-refractivity contribution in [3.05, 3.63) is 12.2 Å². The maximum absolute atomic E-state index is 10.2. The van der Waals surface area contributed by atoms with E-state index in [2.05, 4.69) is 5.32 Å². The molecule has 68 valence electrons. The van der Waals surface area contributed by atoms with Crippen LogP contribution in [0.2, 0.25) is 0 Å². The third kappa shape index (κ3) is 3.53. The summed E-state index contributed by atoms with van der Waals surface area (Å²) in [5.41, 5.74) is 0. The van der Waals surface area contributed by atoms with Gasteiger partial charge in [-0.2, -0.15) is 0 Å². The van der Waals surface area contributed by atoms with Crippen molar-refractivity contribution in [2.75, 3.05) is 13.1 Å². The van der Waals surface area contributed by atoms with E-state index in [1.165, 1.54) is 0 Å². The lowest BCUT2D eigenvalue weighted by Crippen LogP contribution is -2.26. The van der Waals surface area contributed by atoms with Crippen molar-refractivity contribution in [2.24, 2.45) is 5.92 Å². The Balaban J connectivity index is 2.19. The predicted octanol–water partition coefficient (Wildman–Crippen LogP) is 1.02. The summed E-state index contributed by atoms with van der Waals surface area (Å²) in [6.07, 6.45) is 6.23. The van der Waals surface area contributed by atoms with Crippen LogP contribution in [0.3, 0.4) is 0 Å². The Hall–Kier alpha value is -0.830. The van der Waals surface area contributed by atoms with Gasteiger partial charge in [-0.3, -0.25) is 4.79 Å². The molecule has 0 saturated carbocycles. The zero-order chi connectivity index (χ0) is 8.81. The van der Waals surface area contributed by atoms with Crippen LogP contribution in [-0.4, -0.2) is 24.2 Å². The molecular weight excluding hydrogens is 154 g/mol. The molecule has 1 fully saturated rings. The number of carboxylic acids is 1. The minimum atomic E-state index is -0.750. The average Bonchev–Trinajstić information content (AvgIpc) is 2.05. The average molecular weight is 169 g/mol. The molecule has 2 N–H and O–H groups in total. The van der Waals surface area contributed by atoms with E-state index in [4.69, 9.17) is 5.11 Å². The van der Waals surface area contributed by atoms with E-state index in [-0.39, 0.29) is 6.42 Å². The van der Waals surface area contributed by atoms with E-state index in [1.54, 1.807) is 6.08 Å². The first-order chi connectivity index (χ1) is 5.79. The van der Waals surface area contributed by atoms with Crippen molar-refractivity contribution < 1.29 is 9.90 Å². The molecule has 3 heteroatoms. The monoisotopic (exact) mass is 169 g/mol. The molecule has 0 aromatic heterocycles. The maximum Gasteiger partial charge on any atom is 0.307 e. The molecule has 0 aromatic rings. The van der Waals surface area contributed by atoms with E-state index in [9.17, 15) is 4.79 Å². The van der Waals surface area contributed by atoms with Crippen molar-refractivity contribution in [1.82, 2.24) is 5.32 Å². The normalized spacial score (nSPS) is 20.0. The van der Waals surface area contributed by atoms with Crippen LogP contribution in [-0.2, 0) is 4.79 Å². The lowest BCUT2D eigenvalue weighted by Gasteiger charge is -2.18. The molecule has 0 aliphatic carbocycles. The van der Waals surface area contributed by atoms with Gasteiger partial charge < -0.3 is 10.4 Å². The Kier molecular flexibility index (Phi) is 3.80. The van der Waals surface area contributed by atoms with Crippen LogP contribution in [0.1, 0.15) is 19.3 Å². The Morgan fingerprint density at radius 1 is 1.50 bits per heavy atom. The molecule has 1 aliphatic heterocycles. The van der Waals surface area contributed by atoms with Crippen LogP contribution in [0.5, 0.6) is 0 Å². The fourth-order valence-corrected chi connectivity index (χ4v) is 1.40. The maximum atomic E-state index is 10.2. The van der Waals surface area contributed by atoms with Gasteiger partial charge in [0.15, 0.2) is 0 Å². The summed E-state index contributed by atoms with van der Waals surface area (Å²) in [6, 6.07) is 0. The molecule has 0 bridgehead atoms. The van der Waals surface area contributed by atoms with Gasteiger partial charge in [-0.05, 0) is 31.8 Å². The third-order valence-corrected chi connectivity index (χ3v) is 2.08. The van der Waals surface area contributed by atoms with Crippen LogP contribution in [0.15, 0.2) is 12.2 Å². The number of nitrogens with one attached hydrogen (secondary N) is 1. The van der Waals surface area contributed by atoms with Gasteiger partial charge >= 0.3 is 5.97 Å². The fourth-order valence-electron chi connectivity index (χ4n) is 1.40. The summed E-state index contributed by atoms with van der Waals surface area (Å²) < 4.78 is 0. The van der Waals surface area contributed by atoms with Gasteiger partial charge in [-0.25, -0.2) is 0 Å². The Morgan fingerprint density at radius 2 is 2.17 bits per heavy atom. The zero-order valence-corrected chi connectivity index (χ0v) is 7.12. The molecule has 1 aliphatic rings. The zero-order valence-electron chi connectivity index (χ0n) is 7.12. The molecule has 12 heavy (non-hydrogen) atoms. The summed E-state index contributed by atoms with van der Waals surface area (Å²) in [4.78, 5) is 10.2. The highest BCUT2D eigenvalue weighted by Gasteiger charge is 2.08. The summed E-state index contributed by atoms with van der Waals surface area (Å²) >= 11 is 0. The SMILES string of the molecule is O=C(O)CC=CC1CCNCC1. The highest BCUT2D eigenvalue weighted by molar-refractivity contribution is 5.68. The Morgan fingerprint density at radius 3 is 2.75 bits per heavy atom. The largest absolute Gasteiger partial charge is 0.481 e. The highest BCUT2D eigenvalue weighted by Crippen LogP contribution is 2.12. The number of piperidine rings is 1. The first kappa shape index (κ1) is 9.26. The van der Waals surface area contributed by atoms with Gasteiger partial charge in [-0.15, -0.1) is 0 Å². The highest BCUT2D eigenvalue weighted by atomic mass is 16.4. The van der Waals surface area contributed by atoms with Crippen molar-refractivity contribution >= 4 is 5.97 Å². The molecule has 1 heterocycles. The summed E-state index contributed by atoms with van der Waals surface area (Å²) in [7, 11) is 0. The van der Waals surface area contributed by atoms with E-state index < -0.39 is 5.97 Å². The number of carboxylic acid groups (broad SMARTS) is 1. The lowest BCUT2D eigenvalue weighted by atomic mass is 9.97. The van der Waals surface area contributed by atoms with Crippen LogP contribution in [0.4, 0.5) is 0 Å². The fraction of sp³-hybridized carbons (Fsp3) is 0.667. The molecule has 1 rings (SSSR count). The van der Waals surface area contributed by atoms with Crippen molar-refractivity contribution in [2.45, 2.75) is 19.3 Å². The summed E-state index contributed by atoms with van der Waals surface area (Å²) in [5, 5.41) is 11.6. The van der Waals surface area contributed by atoms with E-state index in [1.807, 2.05) is 6.08 Å². The molecule has 0 spiro atoms. The third-order valence-electron chi connectivity index (χ3n) is 2.08. The van der Waals surface area contributed by atoms with Crippen LogP contribution in [0.25, 0.3) is 0 Å². The van der Waals surface area contributed by atoms with Crippen molar-refractivity contribution in [1.29, 1.82) is 0 Å². The minimum Gasteiger partial charge on any atom is -0.481 e. The van der Waals surface area contributed by atoms with Gasteiger partial charge in [0, 0.05) is 0 Å². The standard InChI is InChI=1S/C9H15NO2/c11-9(12)3-1-2-8-4-6-10-7-5-8/h1-2,8,10H,3-7H2,(H,11,12). The predicted molar refractivity (Wildman–Crippen MR) is 47.0 cm³/mol. The molecule has 0 atom stereocenters. The van der Waals surface area contributed by atoms with Gasteiger partial charge in [0.2, 0.25) is 0 Å². The van der Waals surface area contributed by atoms with Crippen molar-refractivity contribution in [3.63, 3.8) is 0 Å². The molecule has 0 amide bonds. The number of allylic oxidation sites excluding steroid dienone is 1. The Labute approximate surface area is 72.5 Å². The molecule has 0 aromatic carbocycles. The minimum absolute atomic E-state index is 0.157. The van der Waals surface area contributed by atoms with Gasteiger partial charge in [0.05, 0.1) is 6.42 Å².